The summed E-state index contributed by atoms with van der Waals surface area (Å²) in [7, 11) is -3.80. The van der Waals surface area contributed by atoms with Crippen LogP contribution in [-0.4, -0.2) is 76.3 Å². The number of aliphatic imine (C=N–C) groups is 1. The van der Waals surface area contributed by atoms with Crippen molar-refractivity contribution in [2.24, 2.45) is 16.8 Å². The molecule has 0 N–H and O–H groups in total. The number of sulfonamides is 1. The number of hydrogen-bond acceptors (Lipinski definition) is 8. The fourth-order valence-electron chi connectivity index (χ4n) is 5.40. The molecule has 2 aromatic carbocycles. The van der Waals surface area contributed by atoms with E-state index in [1.165, 1.54) is 6.07 Å². The normalized spacial score (nSPS) is 16.9. The van der Waals surface area contributed by atoms with Crippen molar-refractivity contribution in [3.63, 3.8) is 0 Å². The molecule has 2 saturated heterocycles. The van der Waals surface area contributed by atoms with Gasteiger partial charge >= 0.3 is 0 Å². The molecule has 2 heterocycles. The van der Waals surface area contributed by atoms with Crippen LogP contribution in [0.5, 0.6) is 0 Å². The van der Waals surface area contributed by atoms with Crippen LogP contribution in [0.1, 0.15) is 52.5 Å². The van der Waals surface area contributed by atoms with Gasteiger partial charge in [0.25, 0.3) is 5.69 Å². The third kappa shape index (κ3) is 7.84. The SMILES string of the molecule is CC(C)CN(CC(C)C)S(=O)(=O)c1cc(N=Cc2ccc(N3CCOCC3)c([N+](=O)[O-])c2)ccc1N1CCCCC1. The van der Waals surface area contributed by atoms with Crippen molar-refractivity contribution >= 4 is 39.0 Å². The number of nitro benzene ring substituents is 1. The van der Waals surface area contributed by atoms with Crippen molar-refractivity contribution in [1.29, 1.82) is 0 Å². The van der Waals surface area contributed by atoms with Crippen LogP contribution in [0.4, 0.5) is 22.7 Å². The molecule has 4 rings (SSSR count). The van der Waals surface area contributed by atoms with Gasteiger partial charge in [0.05, 0.1) is 29.5 Å². The summed E-state index contributed by atoms with van der Waals surface area (Å²) in [6, 6.07) is 10.4. The molecule has 0 unspecified atom stereocenters. The van der Waals surface area contributed by atoms with E-state index >= 15 is 0 Å². The minimum absolute atomic E-state index is 0.0116. The fourth-order valence-corrected chi connectivity index (χ4v) is 7.40. The van der Waals surface area contributed by atoms with E-state index in [-0.39, 0.29) is 27.3 Å². The number of rotatable bonds is 11. The Kier molecular flexibility index (Phi) is 10.4. The second kappa shape index (κ2) is 13.8. The highest BCUT2D eigenvalue weighted by Gasteiger charge is 2.31. The number of piperidine rings is 1. The Bertz CT molecular complexity index is 1320. The van der Waals surface area contributed by atoms with Crippen LogP contribution in [0.2, 0.25) is 0 Å². The first-order valence-corrected chi connectivity index (χ1v) is 16.0. The monoisotopic (exact) mass is 585 g/mol. The van der Waals surface area contributed by atoms with Crippen LogP contribution in [0.3, 0.4) is 0 Å². The Morgan fingerprint density at radius 1 is 0.927 bits per heavy atom. The Morgan fingerprint density at radius 3 is 2.15 bits per heavy atom. The lowest BCUT2D eigenvalue weighted by molar-refractivity contribution is -0.384. The molecule has 2 aliphatic rings. The van der Waals surface area contributed by atoms with E-state index in [9.17, 15) is 18.5 Å². The number of benzene rings is 2. The molecule has 0 spiro atoms. The van der Waals surface area contributed by atoms with Crippen molar-refractivity contribution in [2.75, 3.05) is 62.3 Å². The lowest BCUT2D eigenvalue weighted by Gasteiger charge is -2.32. The lowest BCUT2D eigenvalue weighted by atomic mass is 10.1. The minimum Gasteiger partial charge on any atom is -0.378 e. The molecular formula is C30H43N5O5S. The Hall–Kier alpha value is -3.02. The maximum absolute atomic E-state index is 14.2. The summed E-state index contributed by atoms with van der Waals surface area (Å²) in [6.45, 7) is 12.9. The molecule has 0 atom stereocenters. The summed E-state index contributed by atoms with van der Waals surface area (Å²) < 4.78 is 35.3. The summed E-state index contributed by atoms with van der Waals surface area (Å²) >= 11 is 0. The number of ether oxygens (including phenoxy) is 1. The summed E-state index contributed by atoms with van der Waals surface area (Å²) in [4.78, 5) is 20.5. The van der Waals surface area contributed by atoms with Gasteiger partial charge in [0.1, 0.15) is 10.6 Å². The Labute approximate surface area is 244 Å². The first-order chi connectivity index (χ1) is 19.6. The zero-order chi connectivity index (χ0) is 29.6. The van der Waals surface area contributed by atoms with Gasteiger partial charge in [0.2, 0.25) is 10.0 Å². The maximum atomic E-state index is 14.2. The highest BCUT2D eigenvalue weighted by Crippen LogP contribution is 2.35. The molecule has 0 aromatic heterocycles. The number of anilines is 2. The van der Waals surface area contributed by atoms with E-state index in [0.717, 1.165) is 32.4 Å². The minimum atomic E-state index is -3.80. The van der Waals surface area contributed by atoms with E-state index < -0.39 is 10.0 Å². The molecule has 0 radical (unpaired) electrons. The largest absolute Gasteiger partial charge is 0.378 e. The number of nitrogens with zero attached hydrogens (tertiary/aromatic N) is 5. The van der Waals surface area contributed by atoms with Crippen molar-refractivity contribution in [2.45, 2.75) is 51.9 Å². The van der Waals surface area contributed by atoms with Gasteiger partial charge in [-0.15, -0.1) is 0 Å². The fraction of sp³-hybridized carbons (Fsp3) is 0.567. The number of hydrogen-bond donors (Lipinski definition) is 0. The molecule has 41 heavy (non-hydrogen) atoms. The molecule has 11 heteroatoms. The quantitative estimate of drug-likeness (QED) is 0.195. The summed E-state index contributed by atoms with van der Waals surface area (Å²) in [6.07, 6.45) is 4.76. The van der Waals surface area contributed by atoms with Gasteiger partial charge in [-0.25, -0.2) is 8.42 Å². The molecule has 10 nitrogen and oxygen atoms in total. The highest BCUT2D eigenvalue weighted by atomic mass is 32.2. The first kappa shape index (κ1) is 30.9. The second-order valence-electron chi connectivity index (χ2n) is 11.7. The van der Waals surface area contributed by atoms with Crippen molar-refractivity contribution < 1.29 is 18.1 Å². The van der Waals surface area contributed by atoms with Crippen molar-refractivity contribution in [3.8, 4) is 0 Å². The van der Waals surface area contributed by atoms with Crippen molar-refractivity contribution in [3.05, 3.63) is 52.1 Å². The van der Waals surface area contributed by atoms with Gasteiger partial charge in [-0.2, -0.15) is 4.31 Å². The highest BCUT2D eigenvalue weighted by molar-refractivity contribution is 7.89. The van der Waals surface area contributed by atoms with E-state index in [4.69, 9.17) is 4.74 Å². The molecule has 2 fully saturated rings. The standard InChI is InChI=1S/C30H43N5O5S/c1-23(2)21-34(22-24(3)4)41(38,39)30-19-26(9-11-28(30)32-12-6-5-7-13-32)31-20-25-8-10-27(29(18-25)35(36)37)33-14-16-40-17-15-33/h8-11,18-20,23-24H,5-7,12-17,21-22H2,1-4H3. The van der Waals surface area contributed by atoms with Crippen LogP contribution < -0.4 is 9.80 Å². The average molecular weight is 586 g/mol. The molecule has 2 aliphatic heterocycles. The summed E-state index contributed by atoms with van der Waals surface area (Å²) in [5.74, 6) is 0.360. The van der Waals surface area contributed by atoms with Gasteiger partial charge < -0.3 is 14.5 Å². The second-order valence-corrected chi connectivity index (χ2v) is 13.6. The molecular weight excluding hydrogens is 542 g/mol. The molecule has 0 bridgehead atoms. The average Bonchev–Trinajstić information content (AvgIpc) is 2.96. The van der Waals surface area contributed by atoms with Gasteiger partial charge in [0.15, 0.2) is 0 Å². The maximum Gasteiger partial charge on any atom is 0.293 e. The van der Waals surface area contributed by atoms with E-state index in [1.54, 1.807) is 28.7 Å². The first-order valence-electron chi connectivity index (χ1n) is 14.6. The van der Waals surface area contributed by atoms with Gasteiger partial charge in [-0.1, -0.05) is 33.8 Å². The summed E-state index contributed by atoms with van der Waals surface area (Å²) in [5, 5.41) is 11.9. The van der Waals surface area contributed by atoms with Gasteiger partial charge in [0, 0.05) is 51.5 Å². The topological polar surface area (TPSA) is 109 Å². The van der Waals surface area contributed by atoms with Crippen LogP contribution in [0, 0.1) is 22.0 Å². The molecule has 0 saturated carbocycles. The van der Waals surface area contributed by atoms with E-state index in [2.05, 4.69) is 9.89 Å². The van der Waals surface area contributed by atoms with Crippen LogP contribution >= 0.6 is 0 Å². The summed E-state index contributed by atoms with van der Waals surface area (Å²) in [5.41, 5.74) is 2.34. The van der Waals surface area contributed by atoms with E-state index in [0.29, 0.717) is 62.0 Å². The predicted octanol–water partition coefficient (Wildman–Crippen LogP) is 5.48. The number of morpholine rings is 1. The van der Waals surface area contributed by atoms with Crippen LogP contribution in [0.25, 0.3) is 0 Å². The third-order valence-electron chi connectivity index (χ3n) is 7.31. The van der Waals surface area contributed by atoms with Crippen molar-refractivity contribution in [1.82, 2.24) is 4.31 Å². The third-order valence-corrected chi connectivity index (χ3v) is 9.17. The lowest BCUT2D eigenvalue weighted by Crippen LogP contribution is -2.38. The van der Waals surface area contributed by atoms with Crippen LogP contribution in [-0.2, 0) is 14.8 Å². The Balaban J connectivity index is 1.70. The van der Waals surface area contributed by atoms with Gasteiger partial charge in [-0.05, 0) is 60.9 Å². The zero-order valence-electron chi connectivity index (χ0n) is 24.7. The van der Waals surface area contributed by atoms with E-state index in [1.807, 2.05) is 44.7 Å². The predicted molar refractivity (Wildman–Crippen MR) is 164 cm³/mol. The number of nitro groups is 1. The Morgan fingerprint density at radius 2 is 1.54 bits per heavy atom. The smallest absolute Gasteiger partial charge is 0.293 e. The zero-order valence-corrected chi connectivity index (χ0v) is 25.5. The molecule has 224 valence electrons. The van der Waals surface area contributed by atoms with Crippen LogP contribution in [0.15, 0.2) is 46.3 Å². The van der Waals surface area contributed by atoms with Gasteiger partial charge in [-0.3, -0.25) is 15.1 Å². The molecule has 0 aliphatic carbocycles. The molecule has 0 amide bonds. The molecule has 2 aromatic rings.